The molecule has 0 bridgehead atoms. The monoisotopic (exact) mass is 543 g/mol. The zero-order valence-corrected chi connectivity index (χ0v) is 20.8. The van der Waals surface area contributed by atoms with Crippen molar-refractivity contribution in [3.05, 3.63) is 35.9 Å². The Labute approximate surface area is 202 Å². The summed E-state index contributed by atoms with van der Waals surface area (Å²) in [5.41, 5.74) is 1.11. The standard InChI is InChI=1S/C22H33N5O3.HI/c1-3-25(17-18-8-5-4-6-9-18)20(28)16-24-22(23-2)27-13-11-26(12-14-27)21(29)19-10-7-15-30-19;/h4-6,8-9,19H,3,7,10-17H2,1-2H3,(H,23,24);1H. The molecular formula is C22H34IN5O3. The molecule has 2 heterocycles. The molecule has 2 saturated heterocycles. The van der Waals surface area contributed by atoms with Crippen molar-refractivity contribution in [2.24, 2.45) is 4.99 Å². The van der Waals surface area contributed by atoms with Gasteiger partial charge < -0.3 is 24.8 Å². The number of amides is 2. The summed E-state index contributed by atoms with van der Waals surface area (Å²) in [4.78, 5) is 35.3. The van der Waals surface area contributed by atoms with E-state index in [1.807, 2.05) is 47.1 Å². The lowest BCUT2D eigenvalue weighted by molar-refractivity contribution is -0.142. The van der Waals surface area contributed by atoms with Crippen LogP contribution in [0.25, 0.3) is 0 Å². The molecule has 0 aromatic heterocycles. The number of benzene rings is 1. The highest BCUT2D eigenvalue weighted by Crippen LogP contribution is 2.16. The number of rotatable bonds is 6. The van der Waals surface area contributed by atoms with Gasteiger partial charge >= 0.3 is 0 Å². The number of guanidine groups is 1. The molecule has 1 aromatic rings. The van der Waals surface area contributed by atoms with Crippen LogP contribution >= 0.6 is 24.0 Å². The Morgan fingerprint density at radius 1 is 1.16 bits per heavy atom. The summed E-state index contributed by atoms with van der Waals surface area (Å²) in [7, 11) is 1.72. The summed E-state index contributed by atoms with van der Waals surface area (Å²) in [5.74, 6) is 0.836. The number of carbonyl (C=O) groups excluding carboxylic acids is 2. The summed E-state index contributed by atoms with van der Waals surface area (Å²) in [6.45, 7) is 6.77. The molecule has 1 aromatic carbocycles. The largest absolute Gasteiger partial charge is 0.368 e. The van der Waals surface area contributed by atoms with Gasteiger partial charge in [-0.15, -0.1) is 24.0 Å². The first-order valence-electron chi connectivity index (χ1n) is 10.8. The summed E-state index contributed by atoms with van der Waals surface area (Å²) in [5, 5.41) is 3.20. The first kappa shape index (κ1) is 25.4. The van der Waals surface area contributed by atoms with E-state index in [0.29, 0.717) is 51.8 Å². The Balaban J connectivity index is 0.00000341. The molecule has 172 valence electrons. The van der Waals surface area contributed by atoms with Crippen LogP contribution in [0.5, 0.6) is 0 Å². The van der Waals surface area contributed by atoms with E-state index < -0.39 is 0 Å². The molecule has 2 aliphatic rings. The number of likely N-dealkylation sites (N-methyl/N-ethyl adjacent to an activating group) is 1. The zero-order valence-electron chi connectivity index (χ0n) is 18.5. The Bertz CT molecular complexity index is 732. The molecular weight excluding hydrogens is 509 g/mol. The molecule has 8 nitrogen and oxygen atoms in total. The van der Waals surface area contributed by atoms with Crippen LogP contribution in [0, 0.1) is 0 Å². The van der Waals surface area contributed by atoms with Crippen LogP contribution in [0.15, 0.2) is 35.3 Å². The van der Waals surface area contributed by atoms with Gasteiger partial charge in [0.1, 0.15) is 6.10 Å². The number of halogens is 1. The average molecular weight is 543 g/mol. The SMILES string of the molecule is CCN(Cc1ccccc1)C(=O)CNC(=NC)N1CCN(C(=O)C2CCCO2)CC1.I. The second-order valence-corrected chi connectivity index (χ2v) is 7.61. The van der Waals surface area contributed by atoms with Gasteiger partial charge in [0.2, 0.25) is 5.91 Å². The van der Waals surface area contributed by atoms with E-state index in [-0.39, 0.29) is 48.4 Å². The molecule has 3 rings (SSSR count). The van der Waals surface area contributed by atoms with Crippen LogP contribution in [0.2, 0.25) is 0 Å². The van der Waals surface area contributed by atoms with Gasteiger partial charge in [-0.3, -0.25) is 14.6 Å². The van der Waals surface area contributed by atoms with Crippen molar-refractivity contribution >= 4 is 41.8 Å². The third-order valence-corrected chi connectivity index (χ3v) is 5.66. The molecule has 2 aliphatic heterocycles. The van der Waals surface area contributed by atoms with E-state index in [2.05, 4.69) is 15.2 Å². The number of hydrogen-bond acceptors (Lipinski definition) is 4. The minimum Gasteiger partial charge on any atom is -0.368 e. The van der Waals surface area contributed by atoms with Crippen molar-refractivity contribution in [1.82, 2.24) is 20.0 Å². The number of nitrogens with one attached hydrogen (secondary N) is 1. The van der Waals surface area contributed by atoms with Gasteiger partial charge in [-0.2, -0.15) is 0 Å². The van der Waals surface area contributed by atoms with E-state index in [1.54, 1.807) is 7.05 Å². The molecule has 0 radical (unpaired) electrons. The van der Waals surface area contributed by atoms with Crippen LogP contribution in [-0.4, -0.2) is 91.5 Å². The zero-order chi connectivity index (χ0) is 21.3. The highest BCUT2D eigenvalue weighted by atomic mass is 127. The predicted molar refractivity (Wildman–Crippen MR) is 131 cm³/mol. The molecule has 1 atom stereocenters. The highest BCUT2D eigenvalue weighted by molar-refractivity contribution is 14.0. The number of carbonyl (C=O) groups is 2. The molecule has 1 unspecified atom stereocenters. The van der Waals surface area contributed by atoms with E-state index in [9.17, 15) is 9.59 Å². The molecule has 31 heavy (non-hydrogen) atoms. The van der Waals surface area contributed by atoms with Crippen LogP contribution in [0.4, 0.5) is 0 Å². The van der Waals surface area contributed by atoms with Crippen LogP contribution in [-0.2, 0) is 20.9 Å². The van der Waals surface area contributed by atoms with Gasteiger partial charge in [0.25, 0.3) is 5.91 Å². The first-order valence-corrected chi connectivity index (χ1v) is 10.8. The van der Waals surface area contributed by atoms with Crippen LogP contribution < -0.4 is 5.32 Å². The van der Waals surface area contributed by atoms with Crippen molar-refractivity contribution in [2.45, 2.75) is 32.4 Å². The minimum atomic E-state index is -0.267. The van der Waals surface area contributed by atoms with Gasteiger partial charge in [-0.25, -0.2) is 0 Å². The van der Waals surface area contributed by atoms with E-state index in [0.717, 1.165) is 18.4 Å². The second-order valence-electron chi connectivity index (χ2n) is 7.61. The number of piperazine rings is 1. The third-order valence-electron chi connectivity index (χ3n) is 5.66. The summed E-state index contributed by atoms with van der Waals surface area (Å²) in [6.07, 6.45) is 1.51. The van der Waals surface area contributed by atoms with Crippen molar-refractivity contribution in [2.75, 3.05) is 52.9 Å². The number of hydrogen-bond donors (Lipinski definition) is 1. The number of ether oxygens (including phenoxy) is 1. The third kappa shape index (κ3) is 7.06. The molecule has 2 fully saturated rings. The van der Waals surface area contributed by atoms with Crippen molar-refractivity contribution in [3.63, 3.8) is 0 Å². The number of aliphatic imine (C=N–C) groups is 1. The normalized spacial score (nSPS) is 19.0. The Morgan fingerprint density at radius 2 is 1.84 bits per heavy atom. The maximum Gasteiger partial charge on any atom is 0.251 e. The van der Waals surface area contributed by atoms with Gasteiger partial charge in [-0.05, 0) is 25.3 Å². The van der Waals surface area contributed by atoms with Crippen molar-refractivity contribution < 1.29 is 14.3 Å². The Morgan fingerprint density at radius 3 is 2.42 bits per heavy atom. The molecule has 1 N–H and O–H groups in total. The fraction of sp³-hybridized carbons (Fsp3) is 0.591. The van der Waals surface area contributed by atoms with Gasteiger partial charge in [0.15, 0.2) is 5.96 Å². The maximum absolute atomic E-state index is 12.7. The molecule has 0 aliphatic carbocycles. The Kier molecular flexibility index (Phi) is 10.5. The lowest BCUT2D eigenvalue weighted by Gasteiger charge is -2.37. The quantitative estimate of drug-likeness (QED) is 0.335. The summed E-state index contributed by atoms with van der Waals surface area (Å²) >= 11 is 0. The van der Waals surface area contributed by atoms with Gasteiger partial charge in [-0.1, -0.05) is 30.3 Å². The van der Waals surface area contributed by atoms with Crippen molar-refractivity contribution in [3.8, 4) is 0 Å². The fourth-order valence-corrected chi connectivity index (χ4v) is 3.89. The number of nitrogens with zero attached hydrogens (tertiary/aromatic N) is 4. The van der Waals surface area contributed by atoms with Crippen LogP contribution in [0.1, 0.15) is 25.3 Å². The average Bonchev–Trinajstić information content (AvgIpc) is 3.33. The molecule has 0 saturated carbocycles. The van der Waals surface area contributed by atoms with E-state index >= 15 is 0 Å². The smallest absolute Gasteiger partial charge is 0.251 e. The van der Waals surface area contributed by atoms with Gasteiger partial charge in [0.05, 0.1) is 6.54 Å². The first-order chi connectivity index (χ1) is 14.6. The molecule has 0 spiro atoms. The molecule has 2 amide bonds. The second kappa shape index (κ2) is 12.8. The highest BCUT2D eigenvalue weighted by Gasteiger charge is 2.31. The summed E-state index contributed by atoms with van der Waals surface area (Å²) < 4.78 is 5.52. The topological polar surface area (TPSA) is 77.5 Å². The van der Waals surface area contributed by atoms with E-state index in [4.69, 9.17) is 4.74 Å². The lowest BCUT2D eigenvalue weighted by atomic mass is 10.2. The van der Waals surface area contributed by atoms with Crippen LogP contribution in [0.3, 0.4) is 0 Å². The van der Waals surface area contributed by atoms with Crippen molar-refractivity contribution in [1.29, 1.82) is 0 Å². The minimum absolute atomic E-state index is 0. The molecule has 9 heteroatoms. The summed E-state index contributed by atoms with van der Waals surface area (Å²) in [6, 6.07) is 9.99. The predicted octanol–water partition coefficient (Wildman–Crippen LogP) is 1.55. The van der Waals surface area contributed by atoms with E-state index in [1.165, 1.54) is 0 Å². The Hall–Kier alpha value is -1.88. The maximum atomic E-state index is 12.7. The fourth-order valence-electron chi connectivity index (χ4n) is 3.89. The lowest BCUT2D eigenvalue weighted by Crippen LogP contribution is -2.56. The van der Waals surface area contributed by atoms with Gasteiger partial charge in [0, 0.05) is 52.9 Å².